The van der Waals surface area contributed by atoms with Crippen LogP contribution in [0.1, 0.15) is 28.6 Å². The lowest BCUT2D eigenvalue weighted by atomic mass is 10.0. The van der Waals surface area contributed by atoms with Crippen molar-refractivity contribution >= 4 is 16.8 Å². The minimum absolute atomic E-state index is 0.0582. The zero-order valence-corrected chi connectivity index (χ0v) is 12.9. The van der Waals surface area contributed by atoms with Crippen molar-refractivity contribution in [1.29, 1.82) is 0 Å². The van der Waals surface area contributed by atoms with Crippen LogP contribution in [0.2, 0.25) is 0 Å². The summed E-state index contributed by atoms with van der Waals surface area (Å²) in [6.07, 6.45) is 0.897. The number of hydrogen-bond donors (Lipinski definition) is 0. The first kappa shape index (κ1) is 13.8. The van der Waals surface area contributed by atoms with E-state index in [0.717, 1.165) is 28.5 Å². The van der Waals surface area contributed by atoms with Crippen LogP contribution in [0.4, 0.5) is 0 Å². The summed E-state index contributed by atoms with van der Waals surface area (Å²) in [5, 5.41) is 0.952. The summed E-state index contributed by atoms with van der Waals surface area (Å²) in [4.78, 5) is 13.0. The molecular formula is C21H16O2. The van der Waals surface area contributed by atoms with Crippen molar-refractivity contribution in [2.45, 2.75) is 13.3 Å². The molecule has 0 amide bonds. The molecular weight excluding hydrogens is 284 g/mol. The third kappa shape index (κ3) is 2.23. The number of carbonyl (C=O) groups excluding carboxylic acids is 1. The molecule has 0 aliphatic heterocycles. The Hall–Kier alpha value is -2.87. The van der Waals surface area contributed by atoms with Gasteiger partial charge in [0, 0.05) is 10.9 Å². The topological polar surface area (TPSA) is 30.2 Å². The van der Waals surface area contributed by atoms with E-state index in [2.05, 4.69) is 13.0 Å². The van der Waals surface area contributed by atoms with Crippen molar-refractivity contribution in [3.8, 4) is 11.1 Å². The van der Waals surface area contributed by atoms with Gasteiger partial charge >= 0.3 is 0 Å². The standard InChI is InChI=1S/C21H16O2/c1-2-14-12-18(17-10-5-3-4-9-16(14)17)21(22)20-13-15-8-6-7-11-19(15)23-20/h3-13H,2H2,1H3. The third-order valence-electron chi connectivity index (χ3n) is 4.27. The quantitative estimate of drug-likeness (QED) is 0.479. The van der Waals surface area contributed by atoms with Crippen LogP contribution in [0.25, 0.3) is 22.1 Å². The molecule has 112 valence electrons. The second kappa shape index (κ2) is 5.40. The maximum atomic E-state index is 13.0. The van der Waals surface area contributed by atoms with Crippen LogP contribution in [0, 0.1) is 0 Å². The summed E-state index contributed by atoms with van der Waals surface area (Å²) in [6.45, 7) is 2.11. The first-order valence-electron chi connectivity index (χ1n) is 7.82. The molecule has 2 aliphatic carbocycles. The monoisotopic (exact) mass is 300 g/mol. The van der Waals surface area contributed by atoms with E-state index in [1.165, 1.54) is 5.56 Å². The normalized spacial score (nSPS) is 11.2. The van der Waals surface area contributed by atoms with Gasteiger partial charge in [0.1, 0.15) is 5.58 Å². The van der Waals surface area contributed by atoms with Gasteiger partial charge in [-0.25, -0.2) is 0 Å². The minimum Gasteiger partial charge on any atom is -0.453 e. The fourth-order valence-corrected chi connectivity index (χ4v) is 3.10. The fraction of sp³-hybridized carbons (Fsp3) is 0.0952. The molecule has 0 bridgehead atoms. The molecule has 0 saturated carbocycles. The van der Waals surface area contributed by atoms with Crippen molar-refractivity contribution in [2.75, 3.05) is 0 Å². The van der Waals surface area contributed by atoms with Gasteiger partial charge in [-0.05, 0) is 41.3 Å². The van der Waals surface area contributed by atoms with E-state index in [4.69, 9.17) is 4.42 Å². The Morgan fingerprint density at radius 1 is 0.913 bits per heavy atom. The molecule has 0 fully saturated rings. The van der Waals surface area contributed by atoms with E-state index >= 15 is 0 Å². The number of aryl methyl sites for hydroxylation is 1. The number of fused-ring (bicyclic) bond motifs is 2. The van der Waals surface area contributed by atoms with Gasteiger partial charge in [0.15, 0.2) is 5.76 Å². The van der Waals surface area contributed by atoms with E-state index in [9.17, 15) is 4.79 Å². The minimum atomic E-state index is -0.0582. The number of ketones is 1. The third-order valence-corrected chi connectivity index (χ3v) is 4.27. The number of para-hydroxylation sites is 1. The van der Waals surface area contributed by atoms with Crippen molar-refractivity contribution in [1.82, 2.24) is 0 Å². The molecule has 1 aromatic heterocycles. The van der Waals surface area contributed by atoms with Gasteiger partial charge in [-0.15, -0.1) is 0 Å². The molecule has 0 atom stereocenters. The number of rotatable bonds is 3. The average Bonchev–Trinajstić information content (AvgIpc) is 3.07. The van der Waals surface area contributed by atoms with Gasteiger partial charge in [0.05, 0.1) is 0 Å². The van der Waals surface area contributed by atoms with Crippen LogP contribution in [-0.4, -0.2) is 5.78 Å². The molecule has 2 aromatic rings. The average molecular weight is 300 g/mol. The predicted molar refractivity (Wildman–Crippen MR) is 92.1 cm³/mol. The van der Waals surface area contributed by atoms with Crippen molar-refractivity contribution in [3.63, 3.8) is 0 Å². The lowest BCUT2D eigenvalue weighted by Crippen LogP contribution is -1.98. The second-order valence-electron chi connectivity index (χ2n) is 5.65. The molecule has 0 spiro atoms. The lowest BCUT2D eigenvalue weighted by Gasteiger charge is -1.99. The van der Waals surface area contributed by atoms with Gasteiger partial charge in [0.25, 0.3) is 0 Å². The van der Waals surface area contributed by atoms with Crippen LogP contribution in [0.5, 0.6) is 0 Å². The van der Waals surface area contributed by atoms with Gasteiger partial charge in [-0.3, -0.25) is 4.79 Å². The van der Waals surface area contributed by atoms with Crippen molar-refractivity contribution in [3.05, 3.63) is 83.6 Å². The molecule has 4 rings (SSSR count). The molecule has 0 radical (unpaired) electrons. The summed E-state index contributed by atoms with van der Waals surface area (Å²) >= 11 is 0. The maximum Gasteiger partial charge on any atom is 0.228 e. The highest BCUT2D eigenvalue weighted by atomic mass is 16.3. The van der Waals surface area contributed by atoms with E-state index < -0.39 is 0 Å². The van der Waals surface area contributed by atoms with Gasteiger partial charge in [-0.2, -0.15) is 0 Å². The van der Waals surface area contributed by atoms with Crippen LogP contribution in [0.3, 0.4) is 0 Å². The SMILES string of the molecule is CCc1cc(C(=O)c2cc3ccccc3o2)c2cccccc1-2. The molecule has 0 unspecified atom stereocenters. The van der Waals surface area contributed by atoms with Crippen LogP contribution >= 0.6 is 0 Å². The van der Waals surface area contributed by atoms with E-state index in [1.807, 2.05) is 60.7 Å². The summed E-state index contributed by atoms with van der Waals surface area (Å²) in [5.74, 6) is 0.337. The Morgan fingerprint density at radius 3 is 2.43 bits per heavy atom. The molecule has 2 aliphatic rings. The summed E-state index contributed by atoms with van der Waals surface area (Å²) in [7, 11) is 0. The molecule has 2 nitrogen and oxygen atoms in total. The number of furan rings is 1. The first-order valence-corrected chi connectivity index (χ1v) is 7.82. The van der Waals surface area contributed by atoms with E-state index in [-0.39, 0.29) is 5.78 Å². The zero-order chi connectivity index (χ0) is 15.8. The Labute approximate surface area is 134 Å². The number of benzene rings is 1. The zero-order valence-electron chi connectivity index (χ0n) is 12.9. The fourth-order valence-electron chi connectivity index (χ4n) is 3.10. The Bertz CT molecular complexity index is 945. The predicted octanol–water partition coefficient (Wildman–Crippen LogP) is 5.33. The summed E-state index contributed by atoms with van der Waals surface area (Å²) < 4.78 is 5.75. The Morgan fingerprint density at radius 2 is 1.65 bits per heavy atom. The molecule has 1 heterocycles. The Kier molecular flexibility index (Phi) is 3.23. The summed E-state index contributed by atoms with van der Waals surface area (Å²) in [6, 6.07) is 21.6. The lowest BCUT2D eigenvalue weighted by molar-refractivity contribution is 0.101. The largest absolute Gasteiger partial charge is 0.453 e. The van der Waals surface area contributed by atoms with Crippen LogP contribution in [-0.2, 0) is 6.42 Å². The van der Waals surface area contributed by atoms with Gasteiger partial charge in [0.2, 0.25) is 5.78 Å². The highest BCUT2D eigenvalue weighted by Crippen LogP contribution is 2.34. The molecule has 0 N–H and O–H groups in total. The highest BCUT2D eigenvalue weighted by molar-refractivity contribution is 6.14. The van der Waals surface area contributed by atoms with Gasteiger partial charge < -0.3 is 4.42 Å². The highest BCUT2D eigenvalue weighted by Gasteiger charge is 2.22. The van der Waals surface area contributed by atoms with Crippen molar-refractivity contribution < 1.29 is 9.21 Å². The number of hydrogen-bond acceptors (Lipinski definition) is 2. The number of carbonyl (C=O) groups is 1. The summed E-state index contributed by atoms with van der Waals surface area (Å²) in [5.41, 5.74) is 4.77. The molecule has 1 aromatic carbocycles. The maximum absolute atomic E-state index is 13.0. The smallest absolute Gasteiger partial charge is 0.228 e. The first-order chi connectivity index (χ1) is 11.3. The molecule has 2 heteroatoms. The van der Waals surface area contributed by atoms with E-state index in [0.29, 0.717) is 11.3 Å². The molecule has 23 heavy (non-hydrogen) atoms. The second-order valence-corrected chi connectivity index (χ2v) is 5.65. The van der Waals surface area contributed by atoms with Crippen molar-refractivity contribution in [2.24, 2.45) is 0 Å². The van der Waals surface area contributed by atoms with Crippen LogP contribution < -0.4 is 0 Å². The van der Waals surface area contributed by atoms with E-state index in [1.54, 1.807) is 0 Å². The molecule has 0 saturated heterocycles. The Balaban J connectivity index is 1.87. The van der Waals surface area contributed by atoms with Gasteiger partial charge in [-0.1, -0.05) is 55.5 Å². The van der Waals surface area contributed by atoms with Crippen LogP contribution in [0.15, 0.2) is 71.1 Å².